The average molecular weight is 1050 g/mol. The Morgan fingerprint density at radius 3 is 1.58 bits per heavy atom. The van der Waals surface area contributed by atoms with Crippen LogP contribution in [0.25, 0.3) is 110 Å². The van der Waals surface area contributed by atoms with Gasteiger partial charge in [0.05, 0.1) is 16.7 Å². The van der Waals surface area contributed by atoms with Crippen molar-refractivity contribution in [2.75, 3.05) is 9.80 Å². The van der Waals surface area contributed by atoms with Crippen molar-refractivity contribution in [1.82, 2.24) is 4.57 Å². The highest BCUT2D eigenvalue weighted by Gasteiger charge is 2.26. The molecule has 16 aromatic rings. The minimum Gasteiger partial charge on any atom is -0.310 e. The topological polar surface area (TPSA) is 11.4 Å². The molecule has 0 bridgehead atoms. The molecule has 0 fully saturated rings. The lowest BCUT2D eigenvalue weighted by Crippen LogP contribution is -2.14. The number of thiophene rings is 3. The number of hydrogen-bond acceptors (Lipinski definition) is 5. The monoisotopic (exact) mass is 1050 g/mol. The first-order chi connectivity index (χ1) is 38.7. The molecule has 0 saturated carbocycles. The molecule has 0 N–H and O–H groups in total. The zero-order valence-electron chi connectivity index (χ0n) is 42.0. The number of nitrogens with zero attached hydrogens (tertiary/aromatic N) is 3. The summed E-state index contributed by atoms with van der Waals surface area (Å²) < 4.78 is 10.1. The summed E-state index contributed by atoms with van der Waals surface area (Å²) in [5.74, 6) is 0. The van der Waals surface area contributed by atoms with Gasteiger partial charge in [-0.05, 0) is 126 Å². The predicted molar refractivity (Wildman–Crippen MR) is 340 cm³/mol. The lowest BCUT2D eigenvalue weighted by Gasteiger charge is -2.31. The maximum absolute atomic E-state index is 2.50. The molecule has 0 saturated heterocycles. The van der Waals surface area contributed by atoms with Crippen molar-refractivity contribution in [1.29, 1.82) is 0 Å². The number of rotatable bonds is 9. The number of anilines is 6. The molecular formula is C72H45N3S3. The van der Waals surface area contributed by atoms with Crippen molar-refractivity contribution in [3.8, 4) is 27.9 Å². The summed E-state index contributed by atoms with van der Waals surface area (Å²) in [5.41, 5.74) is 14.8. The zero-order chi connectivity index (χ0) is 51.3. The Balaban J connectivity index is 1.03. The van der Waals surface area contributed by atoms with E-state index in [0.29, 0.717) is 0 Å². The molecule has 4 aromatic heterocycles. The minimum atomic E-state index is 1.06. The molecular weight excluding hydrogens is 1000 g/mol. The summed E-state index contributed by atoms with van der Waals surface area (Å²) in [4.78, 5) is 4.99. The van der Waals surface area contributed by atoms with Gasteiger partial charge in [0.25, 0.3) is 0 Å². The van der Waals surface area contributed by atoms with Gasteiger partial charge >= 0.3 is 0 Å². The number of hydrogen-bond donors (Lipinski definition) is 0. The Kier molecular flexibility index (Phi) is 10.5. The maximum Gasteiger partial charge on any atom is 0.0634 e. The molecule has 366 valence electrons. The van der Waals surface area contributed by atoms with Crippen molar-refractivity contribution >= 4 is 150 Å². The van der Waals surface area contributed by atoms with Gasteiger partial charge in [-0.15, -0.1) is 34.0 Å². The third kappa shape index (κ3) is 7.22. The van der Waals surface area contributed by atoms with E-state index < -0.39 is 0 Å². The van der Waals surface area contributed by atoms with Crippen LogP contribution in [0, 0.1) is 0 Å². The fourth-order valence-electron chi connectivity index (χ4n) is 12.1. The molecule has 12 aromatic carbocycles. The fourth-order valence-corrected chi connectivity index (χ4v) is 15.6. The Labute approximate surface area is 462 Å². The normalized spacial score (nSPS) is 11.8. The SMILES string of the molecule is c1ccc(-c2ccc(N(c3cc(-c4cc5c6ccccc6n(-c6ccccc6)c5c5c4sc4ccccc45)cc(N(c4ccccc4)c4cccc5sc6ccccc6c45)c3)c3ccc4c(c3)sc3ccccc34)cc2)cc1. The second-order valence-electron chi connectivity index (χ2n) is 20.0. The van der Waals surface area contributed by atoms with Gasteiger partial charge < -0.3 is 14.4 Å². The zero-order valence-corrected chi connectivity index (χ0v) is 44.5. The Morgan fingerprint density at radius 1 is 0.282 bits per heavy atom. The third-order valence-electron chi connectivity index (χ3n) is 15.5. The van der Waals surface area contributed by atoms with Crippen LogP contribution in [0.3, 0.4) is 0 Å². The van der Waals surface area contributed by atoms with E-state index in [1.54, 1.807) is 0 Å². The van der Waals surface area contributed by atoms with Crippen LogP contribution in [0.4, 0.5) is 34.1 Å². The average Bonchev–Trinajstić information content (AvgIpc) is 4.44. The Hall–Kier alpha value is -9.30. The van der Waals surface area contributed by atoms with E-state index in [2.05, 4.69) is 287 Å². The summed E-state index contributed by atoms with van der Waals surface area (Å²) in [6.07, 6.45) is 0. The van der Waals surface area contributed by atoms with Crippen LogP contribution < -0.4 is 9.80 Å². The molecule has 0 spiro atoms. The van der Waals surface area contributed by atoms with E-state index in [9.17, 15) is 0 Å². The molecule has 6 heteroatoms. The Morgan fingerprint density at radius 2 is 0.821 bits per heavy atom. The molecule has 0 aliphatic carbocycles. The van der Waals surface area contributed by atoms with Gasteiger partial charge in [-0.2, -0.15) is 0 Å². The van der Waals surface area contributed by atoms with Gasteiger partial charge in [-0.25, -0.2) is 0 Å². The first-order valence-corrected chi connectivity index (χ1v) is 28.8. The van der Waals surface area contributed by atoms with Crippen molar-refractivity contribution in [2.24, 2.45) is 0 Å². The molecule has 4 heterocycles. The molecule has 78 heavy (non-hydrogen) atoms. The summed E-state index contributed by atoms with van der Waals surface area (Å²) >= 11 is 5.61. The molecule has 0 amide bonds. The summed E-state index contributed by atoms with van der Waals surface area (Å²) in [7, 11) is 0. The van der Waals surface area contributed by atoms with Crippen LogP contribution in [0.15, 0.2) is 273 Å². The van der Waals surface area contributed by atoms with Crippen LogP contribution in [0.2, 0.25) is 0 Å². The lowest BCUT2D eigenvalue weighted by atomic mass is 9.97. The van der Waals surface area contributed by atoms with E-state index in [4.69, 9.17) is 0 Å². The van der Waals surface area contributed by atoms with Crippen molar-refractivity contribution < 1.29 is 0 Å². The van der Waals surface area contributed by atoms with E-state index in [0.717, 1.165) is 45.4 Å². The molecule has 0 radical (unpaired) electrons. The molecule has 0 unspecified atom stereocenters. The minimum absolute atomic E-state index is 1.06. The third-order valence-corrected chi connectivity index (χ3v) is 19.0. The quantitative estimate of drug-likeness (QED) is 0.143. The van der Waals surface area contributed by atoms with Crippen LogP contribution >= 0.6 is 34.0 Å². The van der Waals surface area contributed by atoms with E-state index >= 15 is 0 Å². The van der Waals surface area contributed by atoms with Crippen molar-refractivity contribution in [3.63, 3.8) is 0 Å². The molecule has 0 atom stereocenters. The van der Waals surface area contributed by atoms with Gasteiger partial charge in [0.15, 0.2) is 0 Å². The second-order valence-corrected chi connectivity index (χ2v) is 23.2. The lowest BCUT2D eigenvalue weighted by molar-refractivity contribution is 1.19. The molecule has 16 rings (SSSR count). The van der Waals surface area contributed by atoms with E-state index in [1.807, 2.05) is 34.0 Å². The first-order valence-electron chi connectivity index (χ1n) is 26.4. The van der Waals surface area contributed by atoms with E-state index in [-0.39, 0.29) is 0 Å². The van der Waals surface area contributed by atoms with Crippen LogP contribution in [-0.2, 0) is 0 Å². The predicted octanol–water partition coefficient (Wildman–Crippen LogP) is 22.2. The van der Waals surface area contributed by atoms with Crippen LogP contribution in [-0.4, -0.2) is 4.57 Å². The number of fused-ring (bicyclic) bond motifs is 13. The standard InChI is InChI=1S/C72H45N3S3/c1-4-19-46(20-5-1)47-35-37-51(38-36-47)73(52-39-40-57-56-26-11-15-31-64(56)77-68(57)44-52)53-41-48(42-54(43-53)74(49-21-6-2-7-22-49)63-30-18-34-67-69(63)58-27-12-16-32-65(58)76-67)60-45-61-55-25-10-14-29-62(55)75(50-23-8-3-9-24-50)71(61)70-59-28-13-17-33-66(59)78-72(60)70/h1-45H. The van der Waals surface area contributed by atoms with Crippen LogP contribution in [0.1, 0.15) is 0 Å². The van der Waals surface area contributed by atoms with Gasteiger partial charge in [0.2, 0.25) is 0 Å². The fraction of sp³-hybridized carbons (Fsp3) is 0. The van der Waals surface area contributed by atoms with Crippen molar-refractivity contribution in [3.05, 3.63) is 273 Å². The van der Waals surface area contributed by atoms with Gasteiger partial charge in [-0.1, -0.05) is 164 Å². The number of aromatic nitrogens is 1. The maximum atomic E-state index is 2.50. The largest absolute Gasteiger partial charge is 0.310 e. The highest BCUT2D eigenvalue weighted by molar-refractivity contribution is 7.27. The van der Waals surface area contributed by atoms with Gasteiger partial charge in [0, 0.05) is 111 Å². The van der Waals surface area contributed by atoms with Gasteiger partial charge in [-0.3, -0.25) is 0 Å². The highest BCUT2D eigenvalue weighted by atomic mass is 32.1. The number of para-hydroxylation sites is 3. The summed E-state index contributed by atoms with van der Waals surface area (Å²) in [6, 6.07) is 101. The van der Waals surface area contributed by atoms with E-state index in [1.165, 1.54) is 99.0 Å². The second kappa shape index (κ2) is 18.2. The highest BCUT2D eigenvalue weighted by Crippen LogP contribution is 2.52. The molecule has 0 aliphatic heterocycles. The van der Waals surface area contributed by atoms with Crippen LogP contribution in [0.5, 0.6) is 0 Å². The Bertz CT molecular complexity index is 4970. The number of benzene rings is 12. The first kappa shape index (κ1) is 44.9. The van der Waals surface area contributed by atoms with Crippen molar-refractivity contribution in [2.45, 2.75) is 0 Å². The summed E-state index contributed by atoms with van der Waals surface area (Å²) in [5, 5.41) is 10.1. The summed E-state index contributed by atoms with van der Waals surface area (Å²) in [6.45, 7) is 0. The molecule has 3 nitrogen and oxygen atoms in total. The van der Waals surface area contributed by atoms with Gasteiger partial charge in [0.1, 0.15) is 0 Å². The smallest absolute Gasteiger partial charge is 0.0634 e. The molecule has 0 aliphatic rings.